The lowest BCUT2D eigenvalue weighted by Crippen LogP contribution is -2.30. The molecule has 1 aliphatic rings. The number of aromatic nitrogens is 2. The Kier molecular flexibility index (Phi) is 6.25. The zero-order chi connectivity index (χ0) is 26.1. The van der Waals surface area contributed by atoms with E-state index >= 15 is 0 Å². The normalized spacial score (nSPS) is 12.8. The maximum absolute atomic E-state index is 14.1. The van der Waals surface area contributed by atoms with Crippen molar-refractivity contribution in [1.82, 2.24) is 10.2 Å². The molecule has 6 rings (SSSR count). The summed E-state index contributed by atoms with van der Waals surface area (Å²) in [4.78, 5) is 28.0. The molecule has 1 amide bonds. The minimum atomic E-state index is -0.166. The minimum absolute atomic E-state index is 0.0941. The molecule has 2 aromatic heterocycles. The molecule has 7 heteroatoms. The number of amides is 1. The second-order valence-corrected chi connectivity index (χ2v) is 9.71. The number of anilines is 1. The Morgan fingerprint density at radius 2 is 1.74 bits per heavy atom. The molecule has 0 fully saturated rings. The number of fused-ring (bicyclic) bond motifs is 2. The number of aromatic amines is 1. The molecule has 0 atom stereocenters. The fourth-order valence-corrected chi connectivity index (χ4v) is 5.38. The van der Waals surface area contributed by atoms with Gasteiger partial charge in [-0.15, -0.1) is 0 Å². The van der Waals surface area contributed by atoms with Crippen molar-refractivity contribution < 1.29 is 14.3 Å². The van der Waals surface area contributed by atoms with Crippen molar-refractivity contribution in [3.63, 3.8) is 0 Å². The molecule has 38 heavy (non-hydrogen) atoms. The average molecular weight is 506 g/mol. The largest absolute Gasteiger partial charge is 0.507 e. The summed E-state index contributed by atoms with van der Waals surface area (Å²) in [6.45, 7) is 0.309. The van der Waals surface area contributed by atoms with Gasteiger partial charge < -0.3 is 14.4 Å². The zero-order valence-electron chi connectivity index (χ0n) is 20.8. The van der Waals surface area contributed by atoms with E-state index in [0.29, 0.717) is 29.6 Å². The van der Waals surface area contributed by atoms with Crippen LogP contribution in [0.3, 0.4) is 0 Å². The van der Waals surface area contributed by atoms with Gasteiger partial charge >= 0.3 is 0 Å². The number of furan rings is 1. The molecule has 2 heterocycles. The smallest absolute Gasteiger partial charge is 0.267 e. The number of aromatic hydroxyl groups is 1. The topological polar surface area (TPSA) is 99.4 Å². The second kappa shape index (κ2) is 10.0. The van der Waals surface area contributed by atoms with Gasteiger partial charge in [0.2, 0.25) is 0 Å². The van der Waals surface area contributed by atoms with Crippen molar-refractivity contribution in [2.75, 3.05) is 4.90 Å². The first-order valence-corrected chi connectivity index (χ1v) is 12.8. The fraction of sp³-hybridized carbons (Fsp3) is 0.194. The Balaban J connectivity index is 1.37. The van der Waals surface area contributed by atoms with Gasteiger partial charge in [-0.1, -0.05) is 36.4 Å². The highest BCUT2D eigenvalue weighted by Gasteiger charge is 2.22. The third kappa shape index (κ3) is 4.47. The number of benzene rings is 3. The van der Waals surface area contributed by atoms with Crippen LogP contribution in [-0.4, -0.2) is 21.2 Å². The molecule has 0 saturated heterocycles. The maximum atomic E-state index is 14.1. The molecule has 5 aromatic rings. The first kappa shape index (κ1) is 23.7. The Hall–Kier alpha value is -4.65. The van der Waals surface area contributed by atoms with Crippen LogP contribution in [0.5, 0.6) is 5.75 Å². The van der Waals surface area contributed by atoms with Crippen molar-refractivity contribution in [3.8, 4) is 5.75 Å². The minimum Gasteiger partial charge on any atom is -0.507 e. The highest BCUT2D eigenvalue weighted by molar-refractivity contribution is 6.11. The van der Waals surface area contributed by atoms with Crippen LogP contribution in [0.1, 0.15) is 51.1 Å². The van der Waals surface area contributed by atoms with E-state index in [1.165, 1.54) is 0 Å². The first-order chi connectivity index (χ1) is 18.6. The number of nitrogens with one attached hydrogen (secondary N) is 1. The van der Waals surface area contributed by atoms with Gasteiger partial charge in [-0.2, -0.15) is 5.10 Å². The van der Waals surface area contributed by atoms with Crippen molar-refractivity contribution in [2.45, 2.75) is 38.6 Å². The molecule has 0 aliphatic heterocycles. The molecule has 3 aromatic carbocycles. The molecule has 0 bridgehead atoms. The summed E-state index contributed by atoms with van der Waals surface area (Å²) in [5.74, 6) is -0.000795. The number of hydrogen-bond acceptors (Lipinski definition) is 5. The highest BCUT2D eigenvalue weighted by Crippen LogP contribution is 2.34. The molecule has 7 nitrogen and oxygen atoms in total. The van der Waals surface area contributed by atoms with Crippen molar-refractivity contribution in [3.05, 3.63) is 123 Å². The number of H-pyrrole nitrogens is 1. The molecule has 0 saturated carbocycles. The molecule has 0 unspecified atom stereocenters. The summed E-state index contributed by atoms with van der Waals surface area (Å²) in [6, 6.07) is 20.3. The summed E-state index contributed by atoms with van der Waals surface area (Å²) >= 11 is 0. The molecule has 190 valence electrons. The number of rotatable bonds is 6. The summed E-state index contributed by atoms with van der Waals surface area (Å²) in [5, 5.41) is 18.9. The molecule has 2 N–H and O–H groups in total. The Morgan fingerprint density at radius 1 is 0.947 bits per heavy atom. The van der Waals surface area contributed by atoms with Crippen molar-refractivity contribution >= 4 is 22.4 Å². The summed E-state index contributed by atoms with van der Waals surface area (Å²) < 4.78 is 5.27. The van der Waals surface area contributed by atoms with Gasteiger partial charge in [0.05, 0.1) is 30.5 Å². The standard InChI is InChI=1S/C31H27N3O4/c35-29-13-5-10-24-25(29)11-4-12-28(24)34(18-21-14-15-38-19-21)31(37)22-7-3-6-20(16-22)17-27-23-8-1-2-9-26(23)30(36)33-32-27/h3-7,10-16,19,35H,1-2,8-9,17-18H2,(H,33,36). The van der Waals surface area contributed by atoms with E-state index in [1.807, 2.05) is 54.6 Å². The van der Waals surface area contributed by atoms with E-state index in [1.54, 1.807) is 29.6 Å². The van der Waals surface area contributed by atoms with E-state index < -0.39 is 0 Å². The molecule has 0 spiro atoms. The number of nitrogens with zero attached hydrogens (tertiary/aromatic N) is 2. The van der Waals surface area contributed by atoms with Gasteiger partial charge in [0, 0.05) is 33.9 Å². The lowest BCUT2D eigenvalue weighted by atomic mass is 9.90. The van der Waals surface area contributed by atoms with Gasteiger partial charge in [0.1, 0.15) is 5.75 Å². The Morgan fingerprint density at radius 3 is 2.58 bits per heavy atom. The van der Waals surface area contributed by atoms with Crippen LogP contribution in [-0.2, 0) is 25.8 Å². The fourth-order valence-electron chi connectivity index (χ4n) is 5.38. The molecule has 1 aliphatic carbocycles. The van der Waals surface area contributed by atoms with Gasteiger partial charge in [-0.05, 0) is 67.1 Å². The second-order valence-electron chi connectivity index (χ2n) is 9.71. The monoisotopic (exact) mass is 505 g/mol. The maximum Gasteiger partial charge on any atom is 0.267 e. The summed E-state index contributed by atoms with van der Waals surface area (Å²) in [6.07, 6.45) is 7.45. The van der Waals surface area contributed by atoms with E-state index in [9.17, 15) is 14.7 Å². The third-order valence-corrected chi connectivity index (χ3v) is 7.26. The molecular formula is C31H27N3O4. The van der Waals surface area contributed by atoms with Gasteiger partial charge in [0.15, 0.2) is 0 Å². The number of carbonyl (C=O) groups is 1. The van der Waals surface area contributed by atoms with Crippen LogP contribution >= 0.6 is 0 Å². The van der Waals surface area contributed by atoms with Crippen LogP contribution in [0.25, 0.3) is 10.8 Å². The van der Waals surface area contributed by atoms with E-state index in [4.69, 9.17) is 4.42 Å². The number of phenolic OH excluding ortho intramolecular Hbond substituents is 1. The van der Waals surface area contributed by atoms with Crippen LogP contribution in [0, 0.1) is 0 Å². The predicted molar refractivity (Wildman–Crippen MR) is 146 cm³/mol. The predicted octanol–water partition coefficient (Wildman–Crippen LogP) is 5.54. The van der Waals surface area contributed by atoms with Crippen LogP contribution in [0.2, 0.25) is 0 Å². The quantitative estimate of drug-likeness (QED) is 0.316. The Labute approximate surface area is 219 Å². The third-order valence-electron chi connectivity index (χ3n) is 7.26. The SMILES string of the molecule is O=C(c1cccc(Cc2n[nH]c(=O)c3c2CCCC3)c1)N(Cc1ccoc1)c1cccc2c(O)cccc12. The number of carbonyl (C=O) groups excluding carboxylic acids is 1. The van der Waals surface area contributed by atoms with Gasteiger partial charge in [-0.25, -0.2) is 5.10 Å². The van der Waals surface area contributed by atoms with Crippen molar-refractivity contribution in [2.24, 2.45) is 0 Å². The molecular weight excluding hydrogens is 478 g/mol. The summed E-state index contributed by atoms with van der Waals surface area (Å²) in [7, 11) is 0. The van der Waals surface area contributed by atoms with E-state index in [2.05, 4.69) is 10.2 Å². The van der Waals surface area contributed by atoms with E-state index in [-0.39, 0.29) is 17.2 Å². The van der Waals surface area contributed by atoms with Gasteiger partial charge in [0.25, 0.3) is 11.5 Å². The molecule has 0 radical (unpaired) electrons. The lowest BCUT2D eigenvalue weighted by Gasteiger charge is -2.24. The summed E-state index contributed by atoms with van der Waals surface area (Å²) in [5.41, 5.74) is 5.71. The lowest BCUT2D eigenvalue weighted by molar-refractivity contribution is 0.0985. The average Bonchev–Trinajstić information content (AvgIpc) is 3.47. The zero-order valence-corrected chi connectivity index (χ0v) is 20.8. The van der Waals surface area contributed by atoms with Gasteiger partial charge in [-0.3, -0.25) is 9.59 Å². The van der Waals surface area contributed by atoms with Crippen LogP contribution in [0.15, 0.2) is 88.5 Å². The number of phenols is 1. The Bertz CT molecular complexity index is 1690. The van der Waals surface area contributed by atoms with Crippen molar-refractivity contribution in [1.29, 1.82) is 0 Å². The van der Waals surface area contributed by atoms with Crippen LogP contribution < -0.4 is 10.5 Å². The van der Waals surface area contributed by atoms with E-state index in [0.717, 1.165) is 59.0 Å². The van der Waals surface area contributed by atoms with Crippen LogP contribution in [0.4, 0.5) is 5.69 Å². The number of hydrogen-bond donors (Lipinski definition) is 2. The highest BCUT2D eigenvalue weighted by atomic mass is 16.3. The first-order valence-electron chi connectivity index (χ1n) is 12.8.